The number of hydrogen-bond acceptors (Lipinski definition) is 4. The van der Waals surface area contributed by atoms with Crippen LogP contribution in [0.5, 0.6) is 5.88 Å². The van der Waals surface area contributed by atoms with Crippen molar-refractivity contribution in [3.8, 4) is 5.88 Å². The van der Waals surface area contributed by atoms with E-state index in [4.69, 9.17) is 0 Å². The number of para-hydroxylation sites is 1. The van der Waals surface area contributed by atoms with E-state index in [2.05, 4.69) is 9.98 Å². The third kappa shape index (κ3) is 2.01. The number of H-pyrrole nitrogens is 1. The second-order valence-corrected chi connectivity index (χ2v) is 4.83. The molecular weight excluding hydrogens is 270 g/mol. The van der Waals surface area contributed by atoms with E-state index in [1.165, 1.54) is 7.05 Å². The van der Waals surface area contributed by atoms with Gasteiger partial charge in [0, 0.05) is 23.9 Å². The first-order valence-corrected chi connectivity index (χ1v) is 6.38. The average Bonchev–Trinajstić information content (AvgIpc) is 2.77. The van der Waals surface area contributed by atoms with Crippen molar-refractivity contribution in [2.45, 2.75) is 6.92 Å². The number of nitrogens with zero attached hydrogens (tertiary/aromatic N) is 2. The molecular formula is C15H13N3O3. The van der Waals surface area contributed by atoms with Gasteiger partial charge in [-0.3, -0.25) is 19.3 Å². The van der Waals surface area contributed by atoms with E-state index in [0.717, 1.165) is 27.1 Å². The predicted molar refractivity (Wildman–Crippen MR) is 81.1 cm³/mol. The van der Waals surface area contributed by atoms with Crippen molar-refractivity contribution < 1.29 is 5.11 Å². The topological polar surface area (TPSA) is 87.4 Å². The zero-order valence-electron chi connectivity index (χ0n) is 11.5. The van der Waals surface area contributed by atoms with Gasteiger partial charge in [-0.05, 0) is 19.1 Å². The Morgan fingerprint density at radius 3 is 2.76 bits per heavy atom. The van der Waals surface area contributed by atoms with E-state index >= 15 is 0 Å². The summed E-state index contributed by atoms with van der Waals surface area (Å²) in [6.45, 7) is 1.83. The SMILES string of the molecule is CC1=Nc2ccccc2/C1=C/c1c(O)n(C)c(=O)[nH]c1=O. The Labute approximate surface area is 119 Å². The first kappa shape index (κ1) is 13.1. The Bertz CT molecular complexity index is 916. The maximum absolute atomic E-state index is 11.9. The fraction of sp³-hybridized carbons (Fsp3) is 0.133. The molecule has 0 atom stereocenters. The van der Waals surface area contributed by atoms with Crippen LogP contribution in [0.25, 0.3) is 11.6 Å². The van der Waals surface area contributed by atoms with Gasteiger partial charge in [-0.1, -0.05) is 18.2 Å². The summed E-state index contributed by atoms with van der Waals surface area (Å²) in [5.41, 5.74) is 1.98. The highest BCUT2D eigenvalue weighted by Gasteiger charge is 2.19. The molecule has 1 aromatic heterocycles. The van der Waals surface area contributed by atoms with Crippen molar-refractivity contribution in [1.29, 1.82) is 0 Å². The molecule has 0 bridgehead atoms. The van der Waals surface area contributed by atoms with E-state index in [1.807, 2.05) is 31.2 Å². The minimum Gasteiger partial charge on any atom is -0.494 e. The van der Waals surface area contributed by atoms with Crippen LogP contribution in [-0.4, -0.2) is 20.4 Å². The van der Waals surface area contributed by atoms with Gasteiger partial charge in [0.1, 0.15) is 5.56 Å². The molecule has 0 amide bonds. The van der Waals surface area contributed by atoms with E-state index < -0.39 is 11.2 Å². The van der Waals surface area contributed by atoms with Crippen LogP contribution in [0.4, 0.5) is 5.69 Å². The van der Waals surface area contributed by atoms with E-state index in [0.29, 0.717) is 0 Å². The molecule has 0 saturated carbocycles. The number of hydrogen-bond donors (Lipinski definition) is 2. The molecule has 2 heterocycles. The number of aromatic nitrogens is 2. The van der Waals surface area contributed by atoms with Crippen molar-refractivity contribution >= 4 is 23.0 Å². The first-order valence-electron chi connectivity index (χ1n) is 6.38. The van der Waals surface area contributed by atoms with Crippen molar-refractivity contribution in [1.82, 2.24) is 9.55 Å². The van der Waals surface area contributed by atoms with Crippen LogP contribution < -0.4 is 11.2 Å². The van der Waals surface area contributed by atoms with Crippen molar-refractivity contribution in [2.24, 2.45) is 12.0 Å². The molecule has 21 heavy (non-hydrogen) atoms. The molecule has 0 aliphatic carbocycles. The number of benzene rings is 1. The van der Waals surface area contributed by atoms with Gasteiger partial charge in [0.2, 0.25) is 5.88 Å². The molecule has 0 saturated heterocycles. The summed E-state index contributed by atoms with van der Waals surface area (Å²) in [6, 6.07) is 7.54. The summed E-state index contributed by atoms with van der Waals surface area (Å²) in [6.07, 6.45) is 1.55. The number of aromatic hydroxyl groups is 1. The van der Waals surface area contributed by atoms with E-state index in [9.17, 15) is 14.7 Å². The number of fused-ring (bicyclic) bond motifs is 1. The summed E-state index contributed by atoms with van der Waals surface area (Å²) in [7, 11) is 1.39. The molecule has 1 aliphatic rings. The standard InChI is InChI=1S/C15H13N3O3/c1-8-10(9-5-3-4-6-12(9)16-8)7-11-13(19)17-15(21)18(2)14(11)20/h3-7,20H,1-2H3,(H,17,19,21)/b10-7+. The Morgan fingerprint density at radius 2 is 2.00 bits per heavy atom. The second-order valence-electron chi connectivity index (χ2n) is 4.83. The van der Waals surface area contributed by atoms with Crippen LogP contribution in [0.3, 0.4) is 0 Å². The van der Waals surface area contributed by atoms with Gasteiger partial charge >= 0.3 is 5.69 Å². The minimum atomic E-state index is -0.656. The first-order chi connectivity index (χ1) is 9.99. The molecule has 1 aliphatic heterocycles. The van der Waals surface area contributed by atoms with Gasteiger partial charge < -0.3 is 5.11 Å². The quantitative estimate of drug-likeness (QED) is 0.829. The lowest BCUT2D eigenvalue weighted by Crippen LogP contribution is -2.29. The van der Waals surface area contributed by atoms with Gasteiger partial charge in [0.25, 0.3) is 5.56 Å². The largest absolute Gasteiger partial charge is 0.494 e. The third-order valence-electron chi connectivity index (χ3n) is 3.49. The van der Waals surface area contributed by atoms with Crippen LogP contribution >= 0.6 is 0 Å². The van der Waals surface area contributed by atoms with E-state index in [-0.39, 0.29) is 11.4 Å². The number of aliphatic imine (C=N–C) groups is 1. The molecule has 2 aromatic rings. The van der Waals surface area contributed by atoms with Gasteiger partial charge in [-0.25, -0.2) is 4.79 Å². The van der Waals surface area contributed by atoms with Gasteiger partial charge in [0.15, 0.2) is 0 Å². The lowest BCUT2D eigenvalue weighted by Gasteiger charge is -2.06. The zero-order valence-corrected chi connectivity index (χ0v) is 11.5. The fourth-order valence-electron chi connectivity index (χ4n) is 2.32. The maximum Gasteiger partial charge on any atom is 0.330 e. The highest BCUT2D eigenvalue weighted by atomic mass is 16.3. The molecule has 0 unspecified atom stereocenters. The maximum atomic E-state index is 11.9. The summed E-state index contributed by atoms with van der Waals surface area (Å²) < 4.78 is 0.987. The average molecular weight is 283 g/mol. The van der Waals surface area contributed by atoms with Crippen molar-refractivity contribution in [3.05, 3.63) is 56.2 Å². The van der Waals surface area contributed by atoms with Crippen LogP contribution in [0.15, 0.2) is 38.8 Å². The molecule has 0 spiro atoms. The number of allylic oxidation sites excluding steroid dienone is 1. The van der Waals surface area contributed by atoms with Crippen LogP contribution in [0, 0.1) is 0 Å². The fourth-order valence-corrected chi connectivity index (χ4v) is 2.32. The van der Waals surface area contributed by atoms with Gasteiger partial charge in [-0.2, -0.15) is 0 Å². The van der Waals surface area contributed by atoms with Crippen LogP contribution in [0.2, 0.25) is 0 Å². The molecule has 6 heteroatoms. The highest BCUT2D eigenvalue weighted by molar-refractivity contribution is 6.31. The monoisotopic (exact) mass is 283 g/mol. The van der Waals surface area contributed by atoms with Gasteiger partial charge in [-0.15, -0.1) is 0 Å². The lowest BCUT2D eigenvalue weighted by atomic mass is 10.0. The summed E-state index contributed by atoms with van der Waals surface area (Å²) in [5, 5.41) is 10.0. The summed E-state index contributed by atoms with van der Waals surface area (Å²) >= 11 is 0. The molecule has 6 nitrogen and oxygen atoms in total. The Morgan fingerprint density at radius 1 is 1.29 bits per heavy atom. The predicted octanol–water partition coefficient (Wildman–Crippen LogP) is 1.43. The van der Waals surface area contributed by atoms with Crippen molar-refractivity contribution in [2.75, 3.05) is 0 Å². The molecule has 1 aromatic carbocycles. The van der Waals surface area contributed by atoms with E-state index in [1.54, 1.807) is 6.08 Å². The summed E-state index contributed by atoms with van der Waals surface area (Å²) in [5.74, 6) is -0.367. The van der Waals surface area contributed by atoms with Crippen LogP contribution in [0.1, 0.15) is 18.1 Å². The summed E-state index contributed by atoms with van der Waals surface area (Å²) in [4.78, 5) is 29.9. The Kier molecular flexibility index (Phi) is 2.86. The lowest BCUT2D eigenvalue weighted by molar-refractivity contribution is 0.416. The number of nitrogens with one attached hydrogen (secondary N) is 1. The minimum absolute atomic E-state index is 0.0401. The zero-order chi connectivity index (χ0) is 15.1. The molecule has 0 radical (unpaired) electrons. The smallest absolute Gasteiger partial charge is 0.330 e. The highest BCUT2D eigenvalue weighted by Crippen LogP contribution is 2.35. The molecule has 0 fully saturated rings. The van der Waals surface area contributed by atoms with Gasteiger partial charge in [0.05, 0.1) is 5.69 Å². The Balaban J connectivity index is 2.26. The van der Waals surface area contributed by atoms with Crippen LogP contribution in [-0.2, 0) is 7.05 Å². The normalized spacial score (nSPS) is 15.1. The second kappa shape index (κ2) is 4.59. The Hall–Kier alpha value is -2.89. The number of aromatic amines is 1. The number of rotatable bonds is 1. The van der Waals surface area contributed by atoms with Crippen molar-refractivity contribution in [3.63, 3.8) is 0 Å². The molecule has 3 rings (SSSR count). The molecule has 2 N–H and O–H groups in total. The third-order valence-corrected chi connectivity index (χ3v) is 3.49. The molecule has 106 valence electrons.